The van der Waals surface area contributed by atoms with E-state index in [1.54, 1.807) is 61.5 Å². The second-order valence-electron chi connectivity index (χ2n) is 6.82. The minimum atomic E-state index is -0.774. The van der Waals surface area contributed by atoms with E-state index >= 15 is 0 Å². The number of nitrogens with one attached hydrogen (secondary N) is 2. The zero-order chi connectivity index (χ0) is 24.5. The molecule has 0 saturated heterocycles. The Labute approximate surface area is 193 Å². The monoisotopic (exact) mass is 464 g/mol. The third-order valence-electron chi connectivity index (χ3n) is 4.28. The maximum atomic E-state index is 12.8. The number of nitro groups is 1. The van der Waals surface area contributed by atoms with Gasteiger partial charge in [-0.05, 0) is 47.8 Å². The molecule has 174 valence electrons. The van der Waals surface area contributed by atoms with Gasteiger partial charge in [-0.2, -0.15) is 5.10 Å². The van der Waals surface area contributed by atoms with Gasteiger partial charge in [0.1, 0.15) is 18.0 Å². The second kappa shape index (κ2) is 11.1. The molecule has 1 heterocycles. The molecule has 1 aromatic heterocycles. The number of rotatable bonds is 9. The summed E-state index contributed by atoms with van der Waals surface area (Å²) < 4.78 is 5.13. The van der Waals surface area contributed by atoms with E-state index in [0.29, 0.717) is 22.6 Å². The number of hydrogen-bond donors (Lipinski definition) is 2. The lowest BCUT2D eigenvalue weighted by Gasteiger charge is -2.10. The van der Waals surface area contributed by atoms with Crippen LogP contribution in [0.15, 0.2) is 65.4 Å². The molecule has 2 amide bonds. The van der Waals surface area contributed by atoms with E-state index in [0.717, 1.165) is 4.80 Å². The predicted octanol–water partition coefficient (Wildman–Crippen LogP) is 1.55. The van der Waals surface area contributed by atoms with E-state index in [9.17, 15) is 19.7 Å². The number of nitrogens with zero attached hydrogens (tertiary/aromatic N) is 6. The lowest BCUT2D eigenvalue weighted by atomic mass is 10.1. The molecule has 0 aliphatic rings. The Bertz CT molecular complexity index is 1240. The summed E-state index contributed by atoms with van der Waals surface area (Å²) in [6.45, 7) is 1.51. The Hall–Kier alpha value is -4.94. The summed E-state index contributed by atoms with van der Waals surface area (Å²) in [6, 6.07) is 15.3. The van der Waals surface area contributed by atoms with Crippen LogP contribution in [0.5, 0.6) is 5.75 Å². The van der Waals surface area contributed by atoms with Crippen molar-refractivity contribution in [2.75, 3.05) is 7.11 Å². The first-order valence-corrected chi connectivity index (χ1v) is 9.83. The van der Waals surface area contributed by atoms with E-state index in [4.69, 9.17) is 4.74 Å². The topological polar surface area (TPSA) is 167 Å². The van der Waals surface area contributed by atoms with Crippen molar-refractivity contribution in [1.82, 2.24) is 30.9 Å². The highest BCUT2D eigenvalue weighted by Crippen LogP contribution is 2.14. The van der Waals surface area contributed by atoms with Crippen LogP contribution in [-0.2, 0) is 11.3 Å². The second-order valence-corrected chi connectivity index (χ2v) is 6.82. The largest absolute Gasteiger partial charge is 0.514 e. The van der Waals surface area contributed by atoms with Crippen molar-refractivity contribution in [3.8, 4) is 5.75 Å². The maximum absolute atomic E-state index is 12.8. The summed E-state index contributed by atoms with van der Waals surface area (Å²) in [7, 11) is 1.54. The molecule has 0 unspecified atom stereocenters. The predicted molar refractivity (Wildman–Crippen MR) is 121 cm³/mol. The fourth-order valence-corrected chi connectivity index (χ4v) is 2.63. The van der Waals surface area contributed by atoms with Crippen molar-refractivity contribution in [3.63, 3.8) is 0 Å². The van der Waals surface area contributed by atoms with E-state index in [2.05, 4.69) is 31.3 Å². The maximum Gasteiger partial charge on any atom is 0.514 e. The average molecular weight is 464 g/mol. The molecule has 0 saturated carbocycles. The van der Waals surface area contributed by atoms with Gasteiger partial charge in [0.2, 0.25) is 0 Å². The van der Waals surface area contributed by atoms with Gasteiger partial charge < -0.3 is 20.2 Å². The number of hydrogen-bond acceptors (Lipinski definition) is 9. The number of methoxy groups -OCH3 is 1. The SMILES string of the molecule is COc1ccc(C=C(NC(=O)c2ccccc2)C(=O)NN=C(C)Cn2nnc([N+](=O)[O-])n2)cc1. The summed E-state index contributed by atoms with van der Waals surface area (Å²) in [5.74, 6) is -1.17. The summed E-state index contributed by atoms with van der Waals surface area (Å²) in [5.41, 5.74) is 3.64. The molecule has 0 aliphatic carbocycles. The molecular formula is C21H20N8O5. The van der Waals surface area contributed by atoms with Crippen LogP contribution < -0.4 is 15.5 Å². The Kier molecular flexibility index (Phi) is 7.73. The van der Waals surface area contributed by atoms with Crippen LogP contribution in [0.1, 0.15) is 22.8 Å². The minimum Gasteiger partial charge on any atom is -0.497 e. The number of amides is 2. The molecular weight excluding hydrogens is 444 g/mol. The van der Waals surface area contributed by atoms with E-state index < -0.39 is 22.7 Å². The van der Waals surface area contributed by atoms with Gasteiger partial charge in [0.05, 0.1) is 23.0 Å². The van der Waals surface area contributed by atoms with Gasteiger partial charge in [0.25, 0.3) is 11.8 Å². The van der Waals surface area contributed by atoms with Gasteiger partial charge in [-0.15, -0.1) is 0 Å². The molecule has 0 fully saturated rings. The fourth-order valence-electron chi connectivity index (χ4n) is 2.63. The Balaban J connectivity index is 1.77. The lowest BCUT2D eigenvalue weighted by molar-refractivity contribution is -0.394. The van der Waals surface area contributed by atoms with E-state index in [1.807, 2.05) is 0 Å². The van der Waals surface area contributed by atoms with Crippen molar-refractivity contribution >= 4 is 29.6 Å². The smallest absolute Gasteiger partial charge is 0.497 e. The normalized spacial score (nSPS) is 11.6. The first kappa shape index (κ1) is 23.7. The standard InChI is InChI=1S/C21H20N8O5/c1-14(13-28-26-21(25-27-28)29(32)33)23-24-20(31)18(12-15-8-10-17(34-2)11-9-15)22-19(30)16-6-4-3-5-7-16/h3-12H,13H2,1-2H3,(H,22,30)(H,24,31). The highest BCUT2D eigenvalue weighted by molar-refractivity contribution is 6.05. The van der Waals surface area contributed by atoms with Gasteiger partial charge in [-0.3, -0.25) is 9.59 Å². The summed E-state index contributed by atoms with van der Waals surface area (Å²) in [4.78, 5) is 36.3. The Morgan fingerprint density at radius 1 is 1.18 bits per heavy atom. The number of carbonyl (C=O) groups excluding carboxylic acids is 2. The van der Waals surface area contributed by atoms with Crippen LogP contribution >= 0.6 is 0 Å². The lowest BCUT2D eigenvalue weighted by Crippen LogP contribution is -2.33. The van der Waals surface area contributed by atoms with Gasteiger partial charge in [-0.1, -0.05) is 35.1 Å². The number of carbonyl (C=O) groups is 2. The van der Waals surface area contributed by atoms with Crippen molar-refractivity contribution in [1.29, 1.82) is 0 Å². The molecule has 34 heavy (non-hydrogen) atoms. The zero-order valence-electron chi connectivity index (χ0n) is 18.2. The molecule has 0 bridgehead atoms. The number of aromatic nitrogens is 4. The molecule has 0 radical (unpaired) electrons. The molecule has 13 heteroatoms. The Morgan fingerprint density at radius 2 is 1.88 bits per heavy atom. The number of benzene rings is 2. The molecule has 0 atom stereocenters. The number of ether oxygens (including phenoxy) is 1. The third-order valence-corrected chi connectivity index (χ3v) is 4.28. The fraction of sp³-hybridized carbons (Fsp3) is 0.143. The van der Waals surface area contributed by atoms with E-state index in [1.165, 1.54) is 13.2 Å². The van der Waals surface area contributed by atoms with E-state index in [-0.39, 0.29) is 12.2 Å². The Morgan fingerprint density at radius 3 is 2.50 bits per heavy atom. The van der Waals surface area contributed by atoms with Crippen LogP contribution in [0.2, 0.25) is 0 Å². The molecule has 3 rings (SSSR count). The quantitative estimate of drug-likeness (QED) is 0.208. The molecule has 2 N–H and O–H groups in total. The van der Waals surface area contributed by atoms with Crippen molar-refractivity contribution in [2.45, 2.75) is 13.5 Å². The van der Waals surface area contributed by atoms with Gasteiger partial charge in [0.15, 0.2) is 0 Å². The molecule has 0 aliphatic heterocycles. The number of hydrazone groups is 1. The van der Waals surface area contributed by atoms with Crippen LogP contribution in [0, 0.1) is 10.1 Å². The molecule has 0 spiro atoms. The molecule has 3 aromatic rings. The number of tetrazole rings is 1. The van der Waals surface area contributed by atoms with Crippen molar-refractivity contribution in [2.24, 2.45) is 5.10 Å². The highest BCUT2D eigenvalue weighted by atomic mass is 16.6. The van der Waals surface area contributed by atoms with Crippen LogP contribution in [0.4, 0.5) is 5.95 Å². The van der Waals surface area contributed by atoms with Crippen molar-refractivity contribution in [3.05, 3.63) is 81.5 Å². The van der Waals surface area contributed by atoms with Crippen LogP contribution in [0.3, 0.4) is 0 Å². The summed E-state index contributed by atoms with van der Waals surface area (Å²) in [5, 5.41) is 27.6. The first-order chi connectivity index (χ1) is 16.4. The van der Waals surface area contributed by atoms with Crippen molar-refractivity contribution < 1.29 is 19.2 Å². The van der Waals surface area contributed by atoms with Crippen LogP contribution in [0.25, 0.3) is 6.08 Å². The first-order valence-electron chi connectivity index (χ1n) is 9.83. The molecule has 2 aromatic carbocycles. The van der Waals surface area contributed by atoms with Gasteiger partial charge in [-0.25, -0.2) is 5.43 Å². The highest BCUT2D eigenvalue weighted by Gasteiger charge is 2.17. The summed E-state index contributed by atoms with van der Waals surface area (Å²) in [6.07, 6.45) is 1.49. The molecule has 13 nitrogen and oxygen atoms in total. The minimum absolute atomic E-state index is 0.0466. The summed E-state index contributed by atoms with van der Waals surface area (Å²) >= 11 is 0. The zero-order valence-corrected chi connectivity index (χ0v) is 18.2. The van der Waals surface area contributed by atoms with Gasteiger partial charge >= 0.3 is 5.95 Å². The average Bonchev–Trinajstić information content (AvgIpc) is 3.32. The van der Waals surface area contributed by atoms with Gasteiger partial charge in [0, 0.05) is 10.8 Å². The van der Waals surface area contributed by atoms with Crippen LogP contribution in [-0.4, -0.2) is 49.8 Å². The third kappa shape index (κ3) is 6.53.